The molecule has 2 aliphatic carbocycles. The fourth-order valence-corrected chi connectivity index (χ4v) is 5.17. The smallest absolute Gasteiger partial charge is 0.342 e. The molecule has 2 fully saturated rings. The van der Waals surface area contributed by atoms with Gasteiger partial charge in [0.05, 0.1) is 0 Å². The number of allylic oxidation sites excluding steroid dienone is 2. The Morgan fingerprint density at radius 3 is 2.22 bits per heavy atom. The minimum Gasteiger partial charge on any atom is -0.459 e. The molecule has 2 rings (SSSR count). The number of hydrogen-bond acceptors (Lipinski definition) is 8. The minimum atomic E-state index is -2.09. The minimum absolute atomic E-state index is 0.0995. The van der Waals surface area contributed by atoms with E-state index in [0.29, 0.717) is 31.3 Å². The average molecular weight is 453 g/mol. The molecule has 0 aromatic rings. The van der Waals surface area contributed by atoms with Gasteiger partial charge in [0.1, 0.15) is 17.8 Å². The average Bonchev–Trinajstić information content (AvgIpc) is 2.62. The Morgan fingerprint density at radius 1 is 1.12 bits per heavy atom. The highest BCUT2D eigenvalue weighted by atomic mass is 16.6. The monoisotopic (exact) mass is 452 g/mol. The second kappa shape index (κ2) is 8.96. The Balaban J connectivity index is 2.41. The Labute approximate surface area is 189 Å². The molecule has 0 spiro atoms. The number of carbonyl (C=O) groups excluding carboxylic acids is 4. The zero-order chi connectivity index (χ0) is 24.6. The summed E-state index contributed by atoms with van der Waals surface area (Å²) in [5.74, 6) is -2.28. The fraction of sp³-hybridized carbons (Fsp3) is 0.750. The lowest BCUT2D eigenvalue weighted by molar-refractivity contribution is -0.228. The van der Waals surface area contributed by atoms with Crippen LogP contribution in [0, 0.1) is 11.3 Å². The SMILES string of the molecule is CC(=O)O[C@@H](C)[C@](C)(O)C(=O)O[C@@H]1CC[C@]2(C)CC(=O)C(=C(C)C)C[C@H]2[C@]1(C)OC(C)=O. The van der Waals surface area contributed by atoms with Crippen molar-refractivity contribution in [2.24, 2.45) is 11.3 Å². The molecule has 32 heavy (non-hydrogen) atoms. The van der Waals surface area contributed by atoms with Crippen molar-refractivity contribution in [3.05, 3.63) is 11.1 Å². The molecule has 2 aliphatic rings. The van der Waals surface area contributed by atoms with Crippen molar-refractivity contribution in [1.82, 2.24) is 0 Å². The number of carbonyl (C=O) groups is 4. The van der Waals surface area contributed by atoms with Crippen LogP contribution in [-0.2, 0) is 33.4 Å². The molecule has 0 radical (unpaired) electrons. The molecule has 8 heteroatoms. The van der Waals surface area contributed by atoms with E-state index in [0.717, 1.165) is 5.57 Å². The Hall–Kier alpha value is -2.22. The predicted molar refractivity (Wildman–Crippen MR) is 115 cm³/mol. The maximum absolute atomic E-state index is 12.9. The van der Waals surface area contributed by atoms with E-state index < -0.39 is 46.7 Å². The second-order valence-corrected chi connectivity index (χ2v) is 10.1. The van der Waals surface area contributed by atoms with Crippen molar-refractivity contribution in [3.8, 4) is 0 Å². The van der Waals surface area contributed by atoms with Crippen LogP contribution in [0.5, 0.6) is 0 Å². The lowest BCUT2D eigenvalue weighted by atomic mass is 9.53. The zero-order valence-electron chi connectivity index (χ0n) is 20.4. The maximum atomic E-state index is 12.9. The van der Waals surface area contributed by atoms with E-state index in [2.05, 4.69) is 0 Å². The number of ether oxygens (including phenoxy) is 3. The Bertz CT molecular complexity index is 837. The highest BCUT2D eigenvalue weighted by molar-refractivity contribution is 5.97. The van der Waals surface area contributed by atoms with Crippen LogP contribution in [0.3, 0.4) is 0 Å². The normalized spacial score (nSPS) is 32.8. The molecule has 6 atom stereocenters. The topological polar surface area (TPSA) is 116 Å². The first-order chi connectivity index (χ1) is 14.5. The molecular formula is C24H36O8. The molecule has 0 amide bonds. The van der Waals surface area contributed by atoms with E-state index in [1.165, 1.54) is 27.7 Å². The number of ketones is 1. The number of fused-ring (bicyclic) bond motifs is 1. The molecule has 0 saturated heterocycles. The van der Waals surface area contributed by atoms with Crippen molar-refractivity contribution in [3.63, 3.8) is 0 Å². The number of hydrogen-bond donors (Lipinski definition) is 1. The van der Waals surface area contributed by atoms with Crippen molar-refractivity contribution < 1.29 is 38.5 Å². The maximum Gasteiger partial charge on any atom is 0.342 e. The Kier molecular flexibility index (Phi) is 7.29. The first-order valence-electron chi connectivity index (χ1n) is 11.0. The van der Waals surface area contributed by atoms with Crippen molar-refractivity contribution in [2.75, 3.05) is 0 Å². The number of esters is 3. The van der Waals surface area contributed by atoms with Gasteiger partial charge in [-0.15, -0.1) is 0 Å². The van der Waals surface area contributed by atoms with Gasteiger partial charge in [-0.05, 0) is 64.9 Å². The van der Waals surface area contributed by atoms with Gasteiger partial charge in [-0.1, -0.05) is 12.5 Å². The molecule has 8 nitrogen and oxygen atoms in total. The van der Waals surface area contributed by atoms with Crippen LogP contribution in [0.15, 0.2) is 11.1 Å². The summed E-state index contributed by atoms with van der Waals surface area (Å²) in [7, 11) is 0. The van der Waals surface area contributed by atoms with Crippen molar-refractivity contribution in [1.29, 1.82) is 0 Å². The van der Waals surface area contributed by atoms with E-state index in [9.17, 15) is 24.3 Å². The molecule has 0 aromatic heterocycles. The highest BCUT2D eigenvalue weighted by Crippen LogP contribution is 2.56. The van der Waals surface area contributed by atoms with E-state index in [-0.39, 0.29) is 11.7 Å². The second-order valence-electron chi connectivity index (χ2n) is 10.1. The Morgan fingerprint density at radius 2 is 1.72 bits per heavy atom. The van der Waals surface area contributed by atoms with E-state index >= 15 is 0 Å². The summed E-state index contributed by atoms with van der Waals surface area (Å²) >= 11 is 0. The predicted octanol–water partition coefficient (Wildman–Crippen LogP) is 3.04. The lowest BCUT2D eigenvalue weighted by Crippen LogP contribution is -2.62. The van der Waals surface area contributed by atoms with Crippen LogP contribution in [-0.4, -0.2) is 52.2 Å². The van der Waals surface area contributed by atoms with Crippen LogP contribution < -0.4 is 0 Å². The van der Waals surface area contributed by atoms with Crippen LogP contribution in [0.25, 0.3) is 0 Å². The van der Waals surface area contributed by atoms with Crippen LogP contribution >= 0.6 is 0 Å². The van der Waals surface area contributed by atoms with E-state index in [4.69, 9.17) is 14.2 Å². The van der Waals surface area contributed by atoms with Gasteiger partial charge >= 0.3 is 17.9 Å². The molecule has 2 saturated carbocycles. The summed E-state index contributed by atoms with van der Waals surface area (Å²) in [6, 6.07) is 0. The summed E-state index contributed by atoms with van der Waals surface area (Å²) in [6.45, 7) is 12.6. The summed E-state index contributed by atoms with van der Waals surface area (Å²) < 4.78 is 16.5. The summed E-state index contributed by atoms with van der Waals surface area (Å²) in [5, 5.41) is 10.7. The standard InChI is InChI=1S/C24H36O8/c1-13(2)17-11-19-22(6,12-18(17)27)10-9-20(24(19,8)32-16(5)26)31-21(28)23(7,29)14(3)30-15(4)25/h14,19-20,29H,9-12H2,1-8H3/t14-,19+,20+,22+,23-,24-/m0/s1. The lowest BCUT2D eigenvalue weighted by Gasteiger charge is -2.56. The number of rotatable bonds is 5. The van der Waals surface area contributed by atoms with Gasteiger partial charge < -0.3 is 19.3 Å². The third-order valence-electron chi connectivity index (χ3n) is 7.22. The zero-order valence-corrected chi connectivity index (χ0v) is 20.4. The number of aliphatic hydroxyl groups is 1. The van der Waals surface area contributed by atoms with Gasteiger partial charge in [-0.25, -0.2) is 4.79 Å². The molecule has 0 aliphatic heterocycles. The van der Waals surface area contributed by atoms with Gasteiger partial charge in [-0.2, -0.15) is 0 Å². The third-order valence-corrected chi connectivity index (χ3v) is 7.22. The molecule has 180 valence electrons. The van der Waals surface area contributed by atoms with Gasteiger partial charge in [0, 0.05) is 26.2 Å². The fourth-order valence-electron chi connectivity index (χ4n) is 5.17. The van der Waals surface area contributed by atoms with Crippen LogP contribution in [0.2, 0.25) is 0 Å². The van der Waals surface area contributed by atoms with Crippen LogP contribution in [0.4, 0.5) is 0 Å². The first kappa shape index (κ1) is 26.0. The summed E-state index contributed by atoms with van der Waals surface area (Å²) in [4.78, 5) is 49.0. The van der Waals surface area contributed by atoms with Crippen molar-refractivity contribution in [2.45, 2.75) is 104 Å². The van der Waals surface area contributed by atoms with E-state index in [1.807, 2.05) is 20.8 Å². The summed E-state index contributed by atoms with van der Waals surface area (Å²) in [5.41, 5.74) is -2.07. The molecule has 0 unspecified atom stereocenters. The van der Waals surface area contributed by atoms with Gasteiger partial charge in [0.15, 0.2) is 11.4 Å². The van der Waals surface area contributed by atoms with Gasteiger partial charge in [-0.3, -0.25) is 14.4 Å². The molecule has 0 bridgehead atoms. The molecule has 1 N–H and O–H groups in total. The van der Waals surface area contributed by atoms with E-state index in [1.54, 1.807) is 6.92 Å². The molecule has 0 aromatic carbocycles. The quantitative estimate of drug-likeness (QED) is 0.384. The first-order valence-corrected chi connectivity index (χ1v) is 11.0. The summed E-state index contributed by atoms with van der Waals surface area (Å²) in [6.07, 6.45) is -0.272. The van der Waals surface area contributed by atoms with Crippen LogP contribution in [0.1, 0.15) is 81.1 Å². The van der Waals surface area contributed by atoms with Crippen molar-refractivity contribution >= 4 is 23.7 Å². The highest BCUT2D eigenvalue weighted by Gasteiger charge is 2.60. The molecular weight excluding hydrogens is 416 g/mol. The van der Waals surface area contributed by atoms with Gasteiger partial charge in [0.25, 0.3) is 0 Å². The molecule has 0 heterocycles. The van der Waals surface area contributed by atoms with Gasteiger partial charge in [0.2, 0.25) is 0 Å². The number of Topliss-reactive ketones (excluding diaryl/α,β-unsaturated/α-hetero) is 1. The largest absolute Gasteiger partial charge is 0.459 e. The third kappa shape index (κ3) is 4.90.